The van der Waals surface area contributed by atoms with Crippen molar-refractivity contribution in [3.63, 3.8) is 0 Å². The Hall–Kier alpha value is -3.16. The van der Waals surface area contributed by atoms with Crippen molar-refractivity contribution in [2.75, 3.05) is 13.2 Å². The molecule has 0 aliphatic carbocycles. The Morgan fingerprint density at radius 2 is 1.07 bits per heavy atom. The molecule has 0 bridgehead atoms. The molecule has 1 aliphatic heterocycles. The highest BCUT2D eigenvalue weighted by molar-refractivity contribution is 5.80. The molecule has 0 aromatic rings. The van der Waals surface area contributed by atoms with Gasteiger partial charge < -0.3 is 45.1 Å². The van der Waals surface area contributed by atoms with E-state index >= 15 is 0 Å². The lowest BCUT2D eigenvalue weighted by atomic mass is 9.99. The fourth-order valence-corrected chi connectivity index (χ4v) is 8.34. The molecule has 1 heterocycles. The number of nitrogens with one attached hydrogen (secondary N) is 1. The normalized spacial score (nSPS) is 20.3. The van der Waals surface area contributed by atoms with E-state index in [9.17, 15) is 35.1 Å². The second-order valence-corrected chi connectivity index (χ2v) is 19.4. The summed E-state index contributed by atoms with van der Waals surface area (Å²) in [5.41, 5.74) is 0. The van der Waals surface area contributed by atoms with Gasteiger partial charge in [0.15, 0.2) is 12.4 Å². The summed E-state index contributed by atoms with van der Waals surface area (Å²) < 4.78 is 17.5. The number of hydrogen-bond donors (Lipinski definition) is 6. The summed E-state index contributed by atoms with van der Waals surface area (Å²) in [7, 11) is 0. The summed E-state index contributed by atoms with van der Waals surface area (Å²) in [5.74, 6) is -1.25. The quantitative estimate of drug-likeness (QED) is 0.0149. The third-order valence-electron chi connectivity index (χ3n) is 12.9. The van der Waals surface area contributed by atoms with E-state index in [0.29, 0.717) is 12.8 Å². The Morgan fingerprint density at radius 3 is 1.66 bits per heavy atom. The van der Waals surface area contributed by atoms with Crippen molar-refractivity contribution in [1.29, 1.82) is 0 Å². The molecule has 408 valence electrons. The van der Waals surface area contributed by atoms with Gasteiger partial charge in [-0.2, -0.15) is 0 Å². The first kappa shape index (κ1) is 65.9. The highest BCUT2D eigenvalue weighted by Gasteiger charge is 2.47. The molecule has 0 aromatic heterocycles. The molecule has 0 aromatic carbocycles. The van der Waals surface area contributed by atoms with Crippen LogP contribution in [0.3, 0.4) is 0 Å². The van der Waals surface area contributed by atoms with Crippen LogP contribution in [0.4, 0.5) is 0 Å². The summed E-state index contributed by atoms with van der Waals surface area (Å²) in [6, 6.07) is -1.04. The molecule has 0 spiro atoms. The van der Waals surface area contributed by atoms with Crippen molar-refractivity contribution in [2.45, 2.75) is 269 Å². The van der Waals surface area contributed by atoms with Gasteiger partial charge in [0.25, 0.3) is 0 Å². The SMILES string of the molecule is CC/C=C/C=C/C=C\C=C/CCCCCC(=O)OC1C(OCC(NC(=O)C(O)CCCCCCCCCC/C=C\C/C=C\CCCCC)C(O)/C=C/CCCCCCCCCCC)OC(CO)C(O)C1O. The van der Waals surface area contributed by atoms with Crippen LogP contribution in [-0.4, -0.2) is 99.6 Å². The minimum atomic E-state index is -1.63. The van der Waals surface area contributed by atoms with Crippen LogP contribution in [0.25, 0.3) is 0 Å². The van der Waals surface area contributed by atoms with Crippen LogP contribution >= 0.6 is 0 Å². The number of carbonyl (C=O) groups is 2. The lowest BCUT2D eigenvalue weighted by Gasteiger charge is -2.41. The van der Waals surface area contributed by atoms with E-state index in [1.54, 1.807) is 6.08 Å². The lowest BCUT2D eigenvalue weighted by Crippen LogP contribution is -2.61. The number of hydrogen-bond acceptors (Lipinski definition) is 10. The molecule has 1 amide bonds. The number of aliphatic hydroxyl groups is 5. The van der Waals surface area contributed by atoms with Gasteiger partial charge in [-0.25, -0.2) is 0 Å². The molecule has 1 aliphatic rings. The van der Waals surface area contributed by atoms with Crippen LogP contribution in [0.2, 0.25) is 0 Å². The molecular weight excluding hydrogens is 895 g/mol. The zero-order valence-corrected chi connectivity index (χ0v) is 44.8. The van der Waals surface area contributed by atoms with Crippen LogP contribution in [-0.2, 0) is 23.8 Å². The summed E-state index contributed by atoms with van der Waals surface area (Å²) in [5, 5.41) is 56.7. The van der Waals surface area contributed by atoms with Gasteiger partial charge in [-0.05, 0) is 77.0 Å². The molecule has 6 N–H and O–H groups in total. The van der Waals surface area contributed by atoms with Crippen LogP contribution in [0.1, 0.15) is 220 Å². The number of esters is 1. The predicted molar refractivity (Wildman–Crippen MR) is 292 cm³/mol. The maximum absolute atomic E-state index is 13.4. The van der Waals surface area contributed by atoms with Crippen LogP contribution in [0.5, 0.6) is 0 Å². The minimum absolute atomic E-state index is 0.0735. The number of aliphatic hydroxyl groups excluding tert-OH is 5. The van der Waals surface area contributed by atoms with Crippen LogP contribution < -0.4 is 5.32 Å². The molecule has 11 heteroatoms. The fraction of sp³-hybridized carbons (Fsp3) is 0.733. The van der Waals surface area contributed by atoms with Gasteiger partial charge in [0.05, 0.1) is 25.4 Å². The lowest BCUT2D eigenvalue weighted by molar-refractivity contribution is -0.305. The van der Waals surface area contributed by atoms with Crippen molar-refractivity contribution in [1.82, 2.24) is 5.32 Å². The monoisotopic (exact) mass is 998 g/mol. The number of carbonyl (C=O) groups excluding carboxylic acids is 2. The van der Waals surface area contributed by atoms with Crippen molar-refractivity contribution >= 4 is 11.9 Å². The average molecular weight is 998 g/mol. The highest BCUT2D eigenvalue weighted by atomic mass is 16.7. The van der Waals surface area contributed by atoms with Gasteiger partial charge in [0.2, 0.25) is 5.91 Å². The fourth-order valence-electron chi connectivity index (χ4n) is 8.34. The van der Waals surface area contributed by atoms with Crippen molar-refractivity contribution in [3.8, 4) is 0 Å². The average Bonchev–Trinajstić information content (AvgIpc) is 3.37. The van der Waals surface area contributed by atoms with Gasteiger partial charge in [0.1, 0.15) is 24.4 Å². The zero-order chi connectivity index (χ0) is 51.8. The third-order valence-corrected chi connectivity index (χ3v) is 12.9. The number of allylic oxidation sites excluding steroid dienone is 13. The third kappa shape index (κ3) is 36.4. The van der Waals surface area contributed by atoms with E-state index in [1.165, 1.54) is 89.9 Å². The first-order chi connectivity index (χ1) is 34.7. The maximum atomic E-state index is 13.4. The largest absolute Gasteiger partial charge is 0.454 e. The number of amides is 1. The second kappa shape index (κ2) is 47.8. The van der Waals surface area contributed by atoms with E-state index < -0.39 is 67.4 Å². The molecule has 11 nitrogen and oxygen atoms in total. The number of unbranched alkanes of at least 4 members (excludes halogenated alkanes) is 23. The summed E-state index contributed by atoms with van der Waals surface area (Å²) in [4.78, 5) is 26.4. The number of ether oxygens (including phenoxy) is 3. The van der Waals surface area contributed by atoms with E-state index in [4.69, 9.17) is 14.2 Å². The Morgan fingerprint density at radius 1 is 0.577 bits per heavy atom. The molecular formula is C60H103NO10. The van der Waals surface area contributed by atoms with E-state index in [0.717, 1.165) is 83.5 Å². The minimum Gasteiger partial charge on any atom is -0.454 e. The van der Waals surface area contributed by atoms with Gasteiger partial charge in [-0.1, -0.05) is 221 Å². The maximum Gasteiger partial charge on any atom is 0.306 e. The van der Waals surface area contributed by atoms with Crippen molar-refractivity contribution < 1.29 is 49.3 Å². The molecule has 0 saturated carbocycles. The molecule has 1 rings (SSSR count). The Balaban J connectivity index is 2.74. The molecule has 71 heavy (non-hydrogen) atoms. The highest BCUT2D eigenvalue weighted by Crippen LogP contribution is 2.26. The Kier molecular flexibility index (Phi) is 44.4. The standard InChI is InChI=1S/C60H103NO10/c1-4-7-10-13-16-19-22-24-25-26-27-28-30-32-35-38-41-44-47-53(64)59(68)61-51(52(63)46-43-40-37-34-31-21-18-15-12-9-6-3)50-69-60-58(57(67)56(66)54(49-62)70-60)71-55(65)48-45-42-39-36-33-29-23-20-17-14-11-8-5-2/h8,11,14,16-17,19-20,23-25,29,33,43,46,51-54,56-58,60,62-64,66-67H,4-7,9-10,12-13,15,18,21-22,26-28,30-32,34-42,44-45,47-50H2,1-3H3,(H,61,68)/b11-8+,17-14+,19-16-,23-20-,25-24-,33-29-,46-43+. The van der Waals surface area contributed by atoms with Gasteiger partial charge in [-0.15, -0.1) is 0 Å². The molecule has 0 radical (unpaired) electrons. The summed E-state index contributed by atoms with van der Waals surface area (Å²) >= 11 is 0. The Labute approximate surface area is 432 Å². The predicted octanol–water partition coefficient (Wildman–Crippen LogP) is 12.6. The van der Waals surface area contributed by atoms with Gasteiger partial charge in [-0.3, -0.25) is 9.59 Å². The van der Waals surface area contributed by atoms with E-state index in [2.05, 4.69) is 62.5 Å². The Bertz CT molecular complexity index is 1470. The number of rotatable bonds is 46. The smallest absolute Gasteiger partial charge is 0.306 e. The summed E-state index contributed by atoms with van der Waals surface area (Å²) in [6.45, 7) is 5.56. The molecule has 1 saturated heterocycles. The van der Waals surface area contributed by atoms with Crippen LogP contribution in [0, 0.1) is 0 Å². The van der Waals surface area contributed by atoms with Crippen molar-refractivity contribution in [2.24, 2.45) is 0 Å². The first-order valence-corrected chi connectivity index (χ1v) is 28.4. The van der Waals surface area contributed by atoms with Crippen LogP contribution in [0.15, 0.2) is 85.1 Å². The zero-order valence-electron chi connectivity index (χ0n) is 44.8. The first-order valence-electron chi connectivity index (χ1n) is 28.4. The van der Waals surface area contributed by atoms with Crippen molar-refractivity contribution in [3.05, 3.63) is 85.1 Å². The second-order valence-electron chi connectivity index (χ2n) is 19.4. The van der Waals surface area contributed by atoms with Gasteiger partial charge >= 0.3 is 5.97 Å². The molecule has 1 fully saturated rings. The topological polar surface area (TPSA) is 175 Å². The molecule has 8 unspecified atom stereocenters. The van der Waals surface area contributed by atoms with E-state index in [-0.39, 0.29) is 19.4 Å². The summed E-state index contributed by atoms with van der Waals surface area (Å²) in [6.07, 6.45) is 50.6. The molecule has 8 atom stereocenters. The van der Waals surface area contributed by atoms with E-state index in [1.807, 2.05) is 42.5 Å². The van der Waals surface area contributed by atoms with Gasteiger partial charge in [0, 0.05) is 6.42 Å².